The van der Waals surface area contributed by atoms with Crippen molar-refractivity contribution in [3.63, 3.8) is 0 Å². The third-order valence-corrected chi connectivity index (χ3v) is 5.67. The van der Waals surface area contributed by atoms with Gasteiger partial charge < -0.3 is 15.5 Å². The van der Waals surface area contributed by atoms with Crippen molar-refractivity contribution < 1.29 is 29.4 Å². The highest BCUT2D eigenvalue weighted by molar-refractivity contribution is 5.86. The third-order valence-electron chi connectivity index (χ3n) is 5.67. The predicted octanol–water partition coefficient (Wildman–Crippen LogP) is 5.50. The van der Waals surface area contributed by atoms with Gasteiger partial charge in [-0.15, -0.1) is 0 Å². The molecule has 1 atom stereocenters. The quantitative estimate of drug-likeness (QED) is 0.209. The monoisotopic (exact) mass is 455 g/mol. The zero-order chi connectivity index (χ0) is 24.4. The lowest BCUT2D eigenvalue weighted by molar-refractivity contribution is -0.142. The Labute approximate surface area is 193 Å². The number of rotatable bonds is 20. The van der Waals surface area contributed by atoms with Crippen LogP contribution < -0.4 is 5.32 Å². The van der Waals surface area contributed by atoms with Crippen molar-refractivity contribution in [1.29, 1.82) is 0 Å². The number of unbranched alkanes of at least 4 members (excludes halogenated alkanes) is 11. The van der Waals surface area contributed by atoms with Crippen LogP contribution in [0.15, 0.2) is 0 Å². The Bertz CT molecular complexity index is 567. The number of hydrogen-bond donors (Lipinski definition) is 3. The molecular weight excluding hydrogens is 410 g/mol. The second kappa shape index (κ2) is 17.6. The van der Waals surface area contributed by atoms with Gasteiger partial charge in [0, 0.05) is 24.7 Å². The normalized spacial score (nSPS) is 12.3. The summed E-state index contributed by atoms with van der Waals surface area (Å²) >= 11 is 0. The second-order valence-corrected chi connectivity index (χ2v) is 9.81. The number of carboxylic acid groups (broad SMARTS) is 2. The van der Waals surface area contributed by atoms with Crippen molar-refractivity contribution in [2.24, 2.45) is 5.41 Å². The average Bonchev–Trinajstić information content (AvgIpc) is 2.69. The van der Waals surface area contributed by atoms with E-state index in [9.17, 15) is 24.3 Å². The molecule has 7 nitrogen and oxygen atoms in total. The van der Waals surface area contributed by atoms with Crippen molar-refractivity contribution >= 4 is 23.6 Å². The minimum Gasteiger partial charge on any atom is -0.481 e. The summed E-state index contributed by atoms with van der Waals surface area (Å²) in [5.74, 6) is -2.07. The summed E-state index contributed by atoms with van der Waals surface area (Å²) in [5.41, 5.74) is -0.504. The number of ketones is 1. The smallest absolute Gasteiger partial charge is 0.326 e. The van der Waals surface area contributed by atoms with E-state index in [1.54, 1.807) is 20.8 Å². The molecule has 0 aromatic carbocycles. The fourth-order valence-corrected chi connectivity index (χ4v) is 3.50. The first kappa shape index (κ1) is 30.1. The molecule has 0 radical (unpaired) electrons. The van der Waals surface area contributed by atoms with Crippen LogP contribution in [0.4, 0.5) is 0 Å². The van der Waals surface area contributed by atoms with Gasteiger partial charge in [0.05, 0.1) is 0 Å². The Morgan fingerprint density at radius 3 is 1.44 bits per heavy atom. The van der Waals surface area contributed by atoms with Crippen LogP contribution in [0.3, 0.4) is 0 Å². The zero-order valence-corrected chi connectivity index (χ0v) is 20.4. The average molecular weight is 456 g/mol. The number of carboxylic acids is 2. The van der Waals surface area contributed by atoms with Gasteiger partial charge in [-0.2, -0.15) is 0 Å². The molecule has 3 N–H and O–H groups in total. The number of nitrogens with one attached hydrogen (secondary N) is 1. The number of aliphatic carboxylic acids is 2. The number of carbonyl (C=O) groups is 4. The fraction of sp³-hybridized carbons (Fsp3) is 0.840. The SMILES string of the molecule is CC(C)(C)C(=O)CC[C@@H](NC(=O)CCCCCCCCCCCCCCC(=O)O)C(=O)O. The van der Waals surface area contributed by atoms with Crippen LogP contribution in [-0.4, -0.2) is 39.9 Å². The predicted molar refractivity (Wildman–Crippen MR) is 126 cm³/mol. The highest BCUT2D eigenvalue weighted by Crippen LogP contribution is 2.18. The molecule has 0 saturated carbocycles. The van der Waals surface area contributed by atoms with Gasteiger partial charge in [0.25, 0.3) is 0 Å². The van der Waals surface area contributed by atoms with E-state index in [-0.39, 0.29) is 31.0 Å². The van der Waals surface area contributed by atoms with Gasteiger partial charge in [-0.05, 0) is 19.3 Å². The standard InChI is InChI=1S/C25H45NO6/c1-25(2,3)21(27)19-18-20(24(31)32)26-22(28)16-14-12-10-8-6-4-5-7-9-11-13-15-17-23(29)30/h20H,4-19H2,1-3H3,(H,26,28)(H,29,30)(H,31,32)/t20-/m1/s1. The maximum Gasteiger partial charge on any atom is 0.326 e. The summed E-state index contributed by atoms with van der Waals surface area (Å²) in [7, 11) is 0. The molecule has 0 bridgehead atoms. The van der Waals surface area contributed by atoms with Crippen molar-refractivity contribution in [2.75, 3.05) is 0 Å². The minimum absolute atomic E-state index is 0.00580. The van der Waals surface area contributed by atoms with E-state index in [0.717, 1.165) is 44.9 Å². The van der Waals surface area contributed by atoms with Crippen molar-refractivity contribution in [1.82, 2.24) is 5.32 Å². The number of carbonyl (C=O) groups excluding carboxylic acids is 2. The molecular formula is C25H45NO6. The van der Waals surface area contributed by atoms with Gasteiger partial charge in [-0.25, -0.2) is 4.79 Å². The highest BCUT2D eigenvalue weighted by atomic mass is 16.4. The molecule has 0 fully saturated rings. The molecule has 0 aliphatic carbocycles. The van der Waals surface area contributed by atoms with Crippen molar-refractivity contribution in [2.45, 2.75) is 130 Å². The Morgan fingerprint density at radius 2 is 1.06 bits per heavy atom. The summed E-state index contributed by atoms with van der Waals surface area (Å²) in [6.45, 7) is 5.41. The zero-order valence-electron chi connectivity index (χ0n) is 20.4. The summed E-state index contributed by atoms with van der Waals surface area (Å²) in [6.07, 6.45) is 13.7. The molecule has 0 aromatic rings. The maximum absolute atomic E-state index is 12.0. The van der Waals surface area contributed by atoms with E-state index in [1.807, 2.05) is 0 Å². The van der Waals surface area contributed by atoms with Crippen LogP contribution in [0.5, 0.6) is 0 Å². The van der Waals surface area contributed by atoms with Gasteiger partial charge in [0.2, 0.25) is 5.91 Å². The van der Waals surface area contributed by atoms with Gasteiger partial charge in [0.15, 0.2) is 0 Å². The first-order valence-electron chi connectivity index (χ1n) is 12.3. The molecule has 0 unspecified atom stereocenters. The van der Waals surface area contributed by atoms with Crippen LogP contribution in [0.2, 0.25) is 0 Å². The van der Waals surface area contributed by atoms with Crippen molar-refractivity contribution in [3.05, 3.63) is 0 Å². The Balaban J connectivity index is 3.68. The Hall–Kier alpha value is -1.92. The van der Waals surface area contributed by atoms with E-state index in [4.69, 9.17) is 5.11 Å². The summed E-state index contributed by atoms with van der Waals surface area (Å²) in [6, 6.07) is -1.01. The number of hydrogen-bond acceptors (Lipinski definition) is 4. The molecule has 186 valence electrons. The molecule has 0 aliphatic rings. The molecule has 0 heterocycles. The highest BCUT2D eigenvalue weighted by Gasteiger charge is 2.25. The maximum atomic E-state index is 12.0. The lowest BCUT2D eigenvalue weighted by atomic mass is 9.87. The molecule has 0 rings (SSSR count). The van der Waals surface area contributed by atoms with Gasteiger partial charge in [-0.1, -0.05) is 85.0 Å². The van der Waals surface area contributed by atoms with Crippen LogP contribution >= 0.6 is 0 Å². The fourth-order valence-electron chi connectivity index (χ4n) is 3.50. The van der Waals surface area contributed by atoms with Crippen LogP contribution in [0.25, 0.3) is 0 Å². The molecule has 0 saturated heterocycles. The summed E-state index contributed by atoms with van der Waals surface area (Å²) in [5, 5.41) is 20.4. The minimum atomic E-state index is -1.10. The number of Topliss-reactive ketones (excluding diaryl/α,β-unsaturated/α-hetero) is 1. The van der Waals surface area contributed by atoms with Gasteiger partial charge in [0.1, 0.15) is 11.8 Å². The molecule has 7 heteroatoms. The second-order valence-electron chi connectivity index (χ2n) is 9.81. The topological polar surface area (TPSA) is 121 Å². The van der Waals surface area contributed by atoms with E-state index in [0.29, 0.717) is 6.42 Å². The third kappa shape index (κ3) is 17.7. The van der Waals surface area contributed by atoms with E-state index < -0.39 is 23.4 Å². The largest absolute Gasteiger partial charge is 0.481 e. The number of amides is 1. The first-order valence-corrected chi connectivity index (χ1v) is 12.3. The Morgan fingerprint density at radius 1 is 0.656 bits per heavy atom. The summed E-state index contributed by atoms with van der Waals surface area (Å²) < 4.78 is 0. The van der Waals surface area contributed by atoms with Crippen LogP contribution in [0, 0.1) is 5.41 Å². The van der Waals surface area contributed by atoms with Gasteiger partial charge >= 0.3 is 11.9 Å². The van der Waals surface area contributed by atoms with Crippen LogP contribution in [0.1, 0.15) is 124 Å². The molecule has 0 aromatic heterocycles. The first-order chi connectivity index (χ1) is 15.0. The van der Waals surface area contributed by atoms with E-state index in [1.165, 1.54) is 32.1 Å². The lowest BCUT2D eigenvalue weighted by Gasteiger charge is -2.19. The van der Waals surface area contributed by atoms with Gasteiger partial charge in [-0.3, -0.25) is 14.4 Å². The molecule has 0 aliphatic heterocycles. The van der Waals surface area contributed by atoms with E-state index >= 15 is 0 Å². The summed E-state index contributed by atoms with van der Waals surface area (Å²) in [4.78, 5) is 45.8. The van der Waals surface area contributed by atoms with E-state index in [2.05, 4.69) is 5.32 Å². The van der Waals surface area contributed by atoms with Crippen molar-refractivity contribution in [3.8, 4) is 0 Å². The Kier molecular flexibility index (Phi) is 16.6. The lowest BCUT2D eigenvalue weighted by Crippen LogP contribution is -2.41. The van der Waals surface area contributed by atoms with Crippen LogP contribution in [-0.2, 0) is 19.2 Å². The molecule has 1 amide bonds. The molecule has 0 spiro atoms. The molecule has 32 heavy (non-hydrogen) atoms.